The summed E-state index contributed by atoms with van der Waals surface area (Å²) in [5.74, 6) is 0.449. The van der Waals surface area contributed by atoms with Crippen LogP contribution in [0.15, 0.2) is 53.4 Å². The van der Waals surface area contributed by atoms with Crippen molar-refractivity contribution in [2.75, 3.05) is 13.7 Å². The lowest BCUT2D eigenvalue weighted by atomic mass is 10.2. The van der Waals surface area contributed by atoms with E-state index in [9.17, 15) is 13.2 Å². The van der Waals surface area contributed by atoms with Gasteiger partial charge in [-0.15, -0.1) is 0 Å². The second-order valence-electron chi connectivity index (χ2n) is 5.06. The van der Waals surface area contributed by atoms with Crippen LogP contribution < -0.4 is 14.8 Å². The van der Waals surface area contributed by atoms with E-state index in [0.29, 0.717) is 18.7 Å². The Morgan fingerprint density at radius 3 is 2.46 bits per heavy atom. The van der Waals surface area contributed by atoms with Gasteiger partial charge in [0.25, 0.3) is 5.91 Å². The molecule has 6 nitrogen and oxygen atoms in total. The first-order valence-corrected chi connectivity index (χ1v) is 8.95. The second-order valence-corrected chi connectivity index (χ2v) is 6.83. The van der Waals surface area contributed by atoms with Gasteiger partial charge in [0.1, 0.15) is 5.75 Å². The third kappa shape index (κ3) is 4.56. The fraction of sp³-hybridized carbons (Fsp3) is 0.235. The summed E-state index contributed by atoms with van der Waals surface area (Å²) < 4.78 is 31.3. The first kappa shape index (κ1) is 18.0. The summed E-state index contributed by atoms with van der Waals surface area (Å²) in [5.41, 5.74) is 1.31. The molecule has 0 aliphatic heterocycles. The Hall–Kier alpha value is -2.38. The standard InChI is InChI=1S/C17H20N2O4S/c1-3-19-24(21,22)16-9-7-14(8-10-16)17(20)18-12-13-5-4-6-15(11-13)23-2/h4-11,19H,3,12H2,1-2H3,(H,18,20). The Bertz CT molecular complexity index is 802. The lowest BCUT2D eigenvalue weighted by molar-refractivity contribution is 0.0950. The molecule has 0 aliphatic rings. The molecule has 0 heterocycles. The van der Waals surface area contributed by atoms with Crippen molar-refractivity contribution < 1.29 is 17.9 Å². The fourth-order valence-corrected chi connectivity index (χ4v) is 3.17. The minimum absolute atomic E-state index is 0.133. The summed E-state index contributed by atoms with van der Waals surface area (Å²) in [6.07, 6.45) is 0. The van der Waals surface area contributed by atoms with Crippen LogP contribution in [0.5, 0.6) is 5.75 Å². The van der Waals surface area contributed by atoms with Gasteiger partial charge in [-0.1, -0.05) is 19.1 Å². The van der Waals surface area contributed by atoms with Crippen LogP contribution in [0.2, 0.25) is 0 Å². The average molecular weight is 348 g/mol. The zero-order valence-electron chi connectivity index (χ0n) is 13.6. The van der Waals surface area contributed by atoms with Crippen molar-refractivity contribution in [3.05, 3.63) is 59.7 Å². The molecular weight excluding hydrogens is 328 g/mol. The molecule has 0 bridgehead atoms. The molecule has 0 fully saturated rings. The van der Waals surface area contributed by atoms with E-state index in [1.54, 1.807) is 14.0 Å². The molecule has 0 radical (unpaired) electrons. The molecule has 2 aromatic carbocycles. The van der Waals surface area contributed by atoms with Crippen LogP contribution in [0.25, 0.3) is 0 Å². The van der Waals surface area contributed by atoms with E-state index in [0.717, 1.165) is 11.3 Å². The van der Waals surface area contributed by atoms with Gasteiger partial charge in [-0.2, -0.15) is 0 Å². The van der Waals surface area contributed by atoms with Crippen molar-refractivity contribution in [3.63, 3.8) is 0 Å². The SMILES string of the molecule is CCNS(=O)(=O)c1ccc(C(=O)NCc2cccc(OC)c2)cc1. The molecule has 0 unspecified atom stereocenters. The van der Waals surface area contributed by atoms with E-state index in [1.165, 1.54) is 24.3 Å². The first-order valence-electron chi connectivity index (χ1n) is 7.47. The molecule has 0 spiro atoms. The van der Waals surface area contributed by atoms with Crippen molar-refractivity contribution in [1.29, 1.82) is 0 Å². The van der Waals surface area contributed by atoms with Gasteiger partial charge in [-0.3, -0.25) is 4.79 Å². The maximum Gasteiger partial charge on any atom is 0.251 e. The van der Waals surface area contributed by atoms with E-state index in [1.807, 2.05) is 24.3 Å². The van der Waals surface area contributed by atoms with Crippen LogP contribution in [0, 0.1) is 0 Å². The van der Waals surface area contributed by atoms with E-state index in [-0.39, 0.29) is 10.8 Å². The maximum absolute atomic E-state index is 12.2. The number of carbonyl (C=O) groups excluding carboxylic acids is 1. The molecule has 0 saturated heterocycles. The number of benzene rings is 2. The average Bonchev–Trinajstić information content (AvgIpc) is 2.60. The highest BCUT2D eigenvalue weighted by atomic mass is 32.2. The van der Waals surface area contributed by atoms with Gasteiger partial charge in [-0.05, 0) is 42.0 Å². The Balaban J connectivity index is 2.02. The van der Waals surface area contributed by atoms with E-state index < -0.39 is 10.0 Å². The molecule has 2 rings (SSSR count). The Kier molecular flexibility index (Phi) is 5.94. The molecule has 0 aliphatic carbocycles. The van der Waals surface area contributed by atoms with Crippen molar-refractivity contribution in [2.45, 2.75) is 18.4 Å². The molecule has 1 amide bonds. The summed E-state index contributed by atoms with van der Waals surface area (Å²) in [4.78, 5) is 12.3. The summed E-state index contributed by atoms with van der Waals surface area (Å²) in [5, 5.41) is 2.79. The Morgan fingerprint density at radius 1 is 1.12 bits per heavy atom. The highest BCUT2D eigenvalue weighted by Crippen LogP contribution is 2.13. The van der Waals surface area contributed by atoms with E-state index in [4.69, 9.17) is 4.74 Å². The number of methoxy groups -OCH3 is 1. The first-order chi connectivity index (χ1) is 11.5. The van der Waals surface area contributed by atoms with Gasteiger partial charge in [-0.25, -0.2) is 13.1 Å². The van der Waals surface area contributed by atoms with Crippen LogP contribution >= 0.6 is 0 Å². The van der Waals surface area contributed by atoms with Crippen molar-refractivity contribution >= 4 is 15.9 Å². The van der Waals surface area contributed by atoms with Crippen molar-refractivity contribution in [2.24, 2.45) is 0 Å². The summed E-state index contributed by atoms with van der Waals surface area (Å²) in [6.45, 7) is 2.37. The lowest BCUT2D eigenvalue weighted by Crippen LogP contribution is -2.24. The molecule has 0 aromatic heterocycles. The lowest BCUT2D eigenvalue weighted by Gasteiger charge is -2.08. The third-order valence-electron chi connectivity index (χ3n) is 3.35. The minimum Gasteiger partial charge on any atom is -0.497 e. The van der Waals surface area contributed by atoms with Gasteiger partial charge in [0.05, 0.1) is 12.0 Å². The van der Waals surface area contributed by atoms with Gasteiger partial charge in [0.15, 0.2) is 0 Å². The van der Waals surface area contributed by atoms with E-state index in [2.05, 4.69) is 10.0 Å². The summed E-state index contributed by atoms with van der Waals surface area (Å²) in [7, 11) is -1.93. The molecule has 2 aromatic rings. The molecule has 2 N–H and O–H groups in total. The molecular formula is C17H20N2O4S. The number of hydrogen-bond acceptors (Lipinski definition) is 4. The predicted molar refractivity (Wildman–Crippen MR) is 91.5 cm³/mol. The number of carbonyl (C=O) groups is 1. The second kappa shape index (κ2) is 7.94. The highest BCUT2D eigenvalue weighted by Gasteiger charge is 2.13. The smallest absolute Gasteiger partial charge is 0.251 e. The fourth-order valence-electron chi connectivity index (χ4n) is 2.13. The topological polar surface area (TPSA) is 84.5 Å². The normalized spacial score (nSPS) is 11.1. The van der Waals surface area contributed by atoms with Gasteiger partial charge in [0.2, 0.25) is 10.0 Å². The monoisotopic (exact) mass is 348 g/mol. The molecule has 0 saturated carbocycles. The van der Waals surface area contributed by atoms with Crippen LogP contribution in [-0.2, 0) is 16.6 Å². The van der Waals surface area contributed by atoms with Crippen LogP contribution in [0.1, 0.15) is 22.8 Å². The number of nitrogens with one attached hydrogen (secondary N) is 2. The predicted octanol–water partition coefficient (Wildman–Crippen LogP) is 1.92. The van der Waals surface area contributed by atoms with Gasteiger partial charge >= 0.3 is 0 Å². The van der Waals surface area contributed by atoms with Gasteiger partial charge in [0, 0.05) is 18.7 Å². The molecule has 24 heavy (non-hydrogen) atoms. The third-order valence-corrected chi connectivity index (χ3v) is 4.91. The minimum atomic E-state index is -3.51. The van der Waals surface area contributed by atoms with Crippen molar-refractivity contribution in [3.8, 4) is 5.75 Å². The molecule has 7 heteroatoms. The van der Waals surface area contributed by atoms with Crippen LogP contribution in [-0.4, -0.2) is 28.0 Å². The number of rotatable bonds is 7. The number of hydrogen-bond donors (Lipinski definition) is 2. The van der Waals surface area contributed by atoms with E-state index >= 15 is 0 Å². The molecule has 0 atom stereocenters. The quantitative estimate of drug-likeness (QED) is 0.801. The Labute approximate surface area is 141 Å². The summed E-state index contributed by atoms with van der Waals surface area (Å²) >= 11 is 0. The zero-order chi connectivity index (χ0) is 17.6. The summed E-state index contributed by atoms with van der Waals surface area (Å²) in [6, 6.07) is 13.2. The maximum atomic E-state index is 12.2. The Morgan fingerprint density at radius 2 is 1.83 bits per heavy atom. The van der Waals surface area contributed by atoms with Crippen LogP contribution in [0.3, 0.4) is 0 Å². The number of ether oxygens (including phenoxy) is 1. The largest absolute Gasteiger partial charge is 0.497 e. The number of sulfonamides is 1. The highest BCUT2D eigenvalue weighted by molar-refractivity contribution is 7.89. The van der Waals surface area contributed by atoms with Crippen molar-refractivity contribution in [1.82, 2.24) is 10.0 Å². The van der Waals surface area contributed by atoms with Gasteiger partial charge < -0.3 is 10.1 Å². The number of amides is 1. The zero-order valence-corrected chi connectivity index (χ0v) is 14.4. The molecule has 128 valence electrons. The van der Waals surface area contributed by atoms with Crippen LogP contribution in [0.4, 0.5) is 0 Å².